The number of amidine groups is 2. The van der Waals surface area contributed by atoms with Crippen LogP contribution in [0.5, 0.6) is 5.75 Å². The van der Waals surface area contributed by atoms with Gasteiger partial charge in [-0.15, -0.1) is 0 Å². The number of furan rings is 1. The third-order valence-corrected chi connectivity index (χ3v) is 8.11. The van der Waals surface area contributed by atoms with Gasteiger partial charge in [0.05, 0.1) is 30.9 Å². The number of thioether (sulfide) groups is 1. The third-order valence-electron chi connectivity index (χ3n) is 6.79. The van der Waals surface area contributed by atoms with Crippen molar-refractivity contribution in [3.63, 3.8) is 0 Å². The van der Waals surface area contributed by atoms with E-state index >= 15 is 0 Å². The van der Waals surface area contributed by atoms with E-state index in [2.05, 4.69) is 10.6 Å². The molecule has 3 aromatic rings. The van der Waals surface area contributed by atoms with Gasteiger partial charge in [0.2, 0.25) is 11.8 Å². The zero-order chi connectivity index (χ0) is 28.8. The minimum atomic E-state index is -0.730. The van der Waals surface area contributed by atoms with Crippen molar-refractivity contribution in [3.05, 3.63) is 83.8 Å². The van der Waals surface area contributed by atoms with E-state index in [1.165, 1.54) is 16.7 Å². The molecule has 3 amide bonds. The molecule has 0 bridgehead atoms. The number of ether oxygens (including phenoxy) is 1. The molecular formula is C30H31N5O5S. The van der Waals surface area contributed by atoms with E-state index in [-0.39, 0.29) is 37.1 Å². The van der Waals surface area contributed by atoms with Gasteiger partial charge < -0.3 is 19.8 Å². The number of hydrogen-bond acceptors (Lipinski definition) is 8. The highest BCUT2D eigenvalue weighted by Gasteiger charge is 2.42. The second-order valence-corrected chi connectivity index (χ2v) is 10.7. The Hall–Kier alpha value is -4.38. The van der Waals surface area contributed by atoms with Crippen molar-refractivity contribution in [2.24, 2.45) is 9.98 Å². The topological polar surface area (TPSA) is 126 Å². The summed E-state index contributed by atoms with van der Waals surface area (Å²) in [6.07, 6.45) is 2.46. The van der Waals surface area contributed by atoms with Crippen molar-refractivity contribution in [1.82, 2.24) is 15.5 Å². The summed E-state index contributed by atoms with van der Waals surface area (Å²) in [7, 11) is 1.59. The van der Waals surface area contributed by atoms with Gasteiger partial charge in [0.25, 0.3) is 5.91 Å². The zero-order valence-corrected chi connectivity index (χ0v) is 23.6. The first-order valence-corrected chi connectivity index (χ1v) is 14.3. The third kappa shape index (κ3) is 6.35. The Kier molecular flexibility index (Phi) is 8.83. The number of carbonyl (C=O) groups is 3. The maximum atomic E-state index is 13.6. The van der Waals surface area contributed by atoms with Crippen LogP contribution in [-0.2, 0) is 27.5 Å². The molecule has 212 valence electrons. The van der Waals surface area contributed by atoms with Crippen LogP contribution in [0.4, 0.5) is 5.69 Å². The van der Waals surface area contributed by atoms with Gasteiger partial charge in [-0.3, -0.25) is 19.4 Å². The lowest BCUT2D eigenvalue weighted by Gasteiger charge is -2.27. The number of aliphatic imine (C=N–C) groups is 2. The Morgan fingerprint density at radius 1 is 1.07 bits per heavy atom. The van der Waals surface area contributed by atoms with Gasteiger partial charge in [-0.1, -0.05) is 49.0 Å². The van der Waals surface area contributed by atoms with Gasteiger partial charge in [0.1, 0.15) is 23.4 Å². The molecule has 3 heterocycles. The maximum absolute atomic E-state index is 13.6. The van der Waals surface area contributed by atoms with E-state index in [0.29, 0.717) is 41.2 Å². The van der Waals surface area contributed by atoms with Crippen LogP contribution in [0, 0.1) is 0 Å². The lowest BCUT2D eigenvalue weighted by atomic mass is 10.1. The highest BCUT2D eigenvalue weighted by molar-refractivity contribution is 8.15. The normalized spacial score (nSPS) is 16.3. The van der Waals surface area contributed by atoms with Crippen LogP contribution < -0.4 is 15.4 Å². The summed E-state index contributed by atoms with van der Waals surface area (Å²) in [6, 6.07) is 17.8. The Morgan fingerprint density at radius 2 is 1.88 bits per heavy atom. The number of hydrogen-bond donors (Lipinski definition) is 2. The first kappa shape index (κ1) is 28.2. The molecule has 0 fully saturated rings. The first-order chi connectivity index (χ1) is 20.0. The molecule has 5 rings (SSSR count). The largest absolute Gasteiger partial charge is 0.496 e. The molecule has 41 heavy (non-hydrogen) atoms. The van der Waals surface area contributed by atoms with Crippen molar-refractivity contribution in [2.75, 3.05) is 7.11 Å². The van der Waals surface area contributed by atoms with Crippen molar-refractivity contribution in [1.29, 1.82) is 0 Å². The number of carbonyl (C=O) groups excluding carboxylic acids is 3. The second-order valence-electron chi connectivity index (χ2n) is 9.49. The molecule has 0 spiro atoms. The maximum Gasteiger partial charge on any atom is 0.259 e. The molecule has 11 heteroatoms. The average molecular weight is 574 g/mol. The van der Waals surface area contributed by atoms with E-state index in [0.717, 1.165) is 11.1 Å². The predicted molar refractivity (Wildman–Crippen MR) is 157 cm³/mol. The molecule has 1 aromatic heterocycles. The molecule has 2 atom stereocenters. The fourth-order valence-corrected chi connectivity index (χ4v) is 5.66. The van der Waals surface area contributed by atoms with Crippen LogP contribution in [0.1, 0.15) is 43.1 Å². The second kappa shape index (κ2) is 12.9. The van der Waals surface area contributed by atoms with E-state index in [1.54, 1.807) is 25.5 Å². The van der Waals surface area contributed by atoms with Crippen LogP contribution in [0.3, 0.4) is 0 Å². The zero-order valence-electron chi connectivity index (χ0n) is 22.8. The number of nitrogens with zero attached hydrogens (tertiary/aromatic N) is 3. The molecule has 10 nitrogen and oxygen atoms in total. The molecule has 0 saturated heterocycles. The molecular weight excluding hydrogens is 542 g/mol. The van der Waals surface area contributed by atoms with Crippen molar-refractivity contribution < 1.29 is 23.5 Å². The fourth-order valence-electron chi connectivity index (χ4n) is 4.62. The monoisotopic (exact) mass is 573 g/mol. The molecule has 2 aliphatic rings. The molecule has 0 saturated carbocycles. The fraction of sp³-hybridized carbons (Fsp3) is 0.300. The Labute approximate surface area is 242 Å². The van der Waals surface area contributed by atoms with Crippen molar-refractivity contribution in [2.45, 2.75) is 50.6 Å². The summed E-state index contributed by atoms with van der Waals surface area (Å²) < 4.78 is 10.7. The Balaban J connectivity index is 1.26. The first-order valence-electron chi connectivity index (χ1n) is 13.4. The minimum Gasteiger partial charge on any atom is -0.496 e. The van der Waals surface area contributed by atoms with Gasteiger partial charge in [0, 0.05) is 24.1 Å². The summed E-state index contributed by atoms with van der Waals surface area (Å²) in [6.45, 7) is 2.51. The molecule has 2 aromatic carbocycles. The standard InChI is InChI=1S/C30H31N5O5S/c1-3-25(28(37)32-18-20-10-8-16-40-20)41-30-34-22-12-6-5-11-21(22)27-33-23(29(38)35(27)30)14-15-26(36)31-17-19-9-4-7-13-24(19)39-2/h4-13,16,23,25H,3,14-15,17-18H2,1-2H3,(H,31,36)(H,32,37). The molecule has 2 unspecified atom stereocenters. The molecule has 0 aliphatic carbocycles. The van der Waals surface area contributed by atoms with Crippen LogP contribution in [0.15, 0.2) is 81.3 Å². The average Bonchev–Trinajstić information content (AvgIpc) is 3.64. The van der Waals surface area contributed by atoms with Crippen LogP contribution in [-0.4, -0.2) is 52.0 Å². The molecule has 2 aliphatic heterocycles. The smallest absolute Gasteiger partial charge is 0.259 e. The number of rotatable bonds is 11. The van der Waals surface area contributed by atoms with Gasteiger partial charge >= 0.3 is 0 Å². The van der Waals surface area contributed by atoms with Gasteiger partial charge in [-0.25, -0.2) is 9.89 Å². The van der Waals surface area contributed by atoms with Crippen LogP contribution >= 0.6 is 11.8 Å². The summed E-state index contributed by atoms with van der Waals surface area (Å²) in [5.41, 5.74) is 2.29. The molecule has 0 radical (unpaired) electrons. The summed E-state index contributed by atoms with van der Waals surface area (Å²) in [5, 5.41) is 5.71. The van der Waals surface area contributed by atoms with Crippen molar-refractivity contribution in [3.8, 4) is 5.75 Å². The number of para-hydroxylation sites is 2. The van der Waals surface area contributed by atoms with Crippen LogP contribution in [0.2, 0.25) is 0 Å². The van der Waals surface area contributed by atoms with Gasteiger partial charge in [0.15, 0.2) is 5.17 Å². The van der Waals surface area contributed by atoms with Crippen molar-refractivity contribution >= 4 is 46.2 Å². The Morgan fingerprint density at radius 3 is 2.66 bits per heavy atom. The van der Waals surface area contributed by atoms with E-state index < -0.39 is 11.3 Å². The highest BCUT2D eigenvalue weighted by Crippen LogP contribution is 2.36. The number of benzene rings is 2. The SMILES string of the molecule is CCC(SC1=Nc2ccccc2C2=NC(CCC(=O)NCc3ccccc3OC)C(=O)N12)C(=O)NCc1ccco1. The summed E-state index contributed by atoms with van der Waals surface area (Å²) in [5.74, 6) is 1.23. The Bertz CT molecular complexity index is 1490. The summed E-state index contributed by atoms with van der Waals surface area (Å²) in [4.78, 5) is 50.2. The lowest BCUT2D eigenvalue weighted by Crippen LogP contribution is -2.43. The minimum absolute atomic E-state index is 0.129. The number of amides is 3. The number of fused-ring (bicyclic) bond motifs is 3. The molecule has 2 N–H and O–H groups in total. The predicted octanol–water partition coefficient (Wildman–Crippen LogP) is 4.17. The van der Waals surface area contributed by atoms with Crippen LogP contribution in [0.25, 0.3) is 0 Å². The highest BCUT2D eigenvalue weighted by atomic mass is 32.2. The number of methoxy groups -OCH3 is 1. The van der Waals surface area contributed by atoms with Gasteiger partial charge in [-0.05, 0) is 43.2 Å². The quantitative estimate of drug-likeness (QED) is 0.355. The van der Waals surface area contributed by atoms with Gasteiger partial charge in [-0.2, -0.15) is 0 Å². The lowest BCUT2D eigenvalue weighted by molar-refractivity contribution is -0.125. The van der Waals surface area contributed by atoms with E-state index in [9.17, 15) is 14.4 Å². The summed E-state index contributed by atoms with van der Waals surface area (Å²) >= 11 is 1.23. The van der Waals surface area contributed by atoms with E-state index in [4.69, 9.17) is 19.1 Å². The number of nitrogens with one attached hydrogen (secondary N) is 2. The van der Waals surface area contributed by atoms with E-state index in [1.807, 2.05) is 55.5 Å².